The van der Waals surface area contributed by atoms with Gasteiger partial charge in [-0.3, -0.25) is 9.78 Å². The van der Waals surface area contributed by atoms with Gasteiger partial charge in [0.15, 0.2) is 0 Å². The largest absolute Gasteiger partial charge is 0.493 e. The topological polar surface area (TPSA) is 64.1 Å². The fraction of sp³-hybridized carbons (Fsp3) is 0.167. The van der Waals surface area contributed by atoms with Crippen LogP contribution in [0, 0.1) is 0 Å². The van der Waals surface area contributed by atoms with Crippen LogP contribution in [0.4, 0.5) is 0 Å². The van der Waals surface area contributed by atoms with E-state index in [9.17, 15) is 4.79 Å². The number of nitrogens with one attached hydrogen (secondary N) is 1. The lowest BCUT2D eigenvalue weighted by molar-refractivity contribution is -0.121. The second-order valence-corrected chi connectivity index (χ2v) is 5.93. The first kappa shape index (κ1) is 16.1. The number of aromatic nitrogens is 2. The Bertz CT molecular complexity index is 775. The van der Waals surface area contributed by atoms with E-state index in [1.54, 1.807) is 23.7 Å². The highest BCUT2D eigenvalue weighted by Crippen LogP contribution is 2.22. The highest BCUT2D eigenvalue weighted by atomic mass is 32.1. The van der Waals surface area contributed by atoms with Crippen molar-refractivity contribution in [2.75, 3.05) is 6.61 Å². The van der Waals surface area contributed by atoms with Crippen LogP contribution in [0.3, 0.4) is 0 Å². The van der Waals surface area contributed by atoms with Crippen molar-refractivity contribution < 1.29 is 9.53 Å². The highest BCUT2D eigenvalue weighted by molar-refractivity contribution is 7.13. The standard InChI is InChI=1S/C18H17N3O2S/c22-17(8-10-23-16-6-2-1-3-7-16)20-12-15-13-24-18(21-15)14-5-4-9-19-11-14/h1-7,9,11,13H,8,10,12H2,(H,20,22). The van der Waals surface area contributed by atoms with Gasteiger partial charge < -0.3 is 10.1 Å². The fourth-order valence-corrected chi connectivity index (χ4v) is 2.88. The van der Waals surface area contributed by atoms with Crippen LogP contribution in [-0.4, -0.2) is 22.5 Å². The molecule has 1 aromatic carbocycles. The number of nitrogens with zero attached hydrogens (tertiary/aromatic N) is 2. The Hall–Kier alpha value is -2.73. The van der Waals surface area contributed by atoms with Gasteiger partial charge in [-0.05, 0) is 24.3 Å². The highest BCUT2D eigenvalue weighted by Gasteiger charge is 2.07. The number of hydrogen-bond donors (Lipinski definition) is 1. The van der Waals surface area contributed by atoms with Gasteiger partial charge in [0.05, 0.1) is 25.3 Å². The molecule has 0 saturated carbocycles. The zero-order valence-corrected chi connectivity index (χ0v) is 13.8. The molecule has 3 rings (SSSR count). The molecular weight excluding hydrogens is 322 g/mol. The van der Waals surface area contributed by atoms with Crippen LogP contribution in [0.2, 0.25) is 0 Å². The summed E-state index contributed by atoms with van der Waals surface area (Å²) in [5.74, 6) is 0.716. The minimum atomic E-state index is -0.0538. The van der Waals surface area contributed by atoms with Crippen LogP contribution in [0.15, 0.2) is 60.2 Å². The summed E-state index contributed by atoms with van der Waals surface area (Å²) >= 11 is 1.54. The molecule has 122 valence electrons. The van der Waals surface area contributed by atoms with Crippen molar-refractivity contribution in [3.63, 3.8) is 0 Å². The molecule has 0 saturated heterocycles. The first-order chi connectivity index (χ1) is 11.8. The van der Waals surface area contributed by atoms with Crippen molar-refractivity contribution in [2.24, 2.45) is 0 Å². The van der Waals surface area contributed by atoms with Crippen LogP contribution in [0.5, 0.6) is 5.75 Å². The first-order valence-electron chi connectivity index (χ1n) is 7.60. The number of pyridine rings is 1. The summed E-state index contributed by atoms with van der Waals surface area (Å²) in [5, 5.41) is 5.71. The van der Waals surface area contributed by atoms with Gasteiger partial charge in [0.25, 0.3) is 0 Å². The number of carbonyl (C=O) groups is 1. The van der Waals surface area contributed by atoms with E-state index in [1.165, 1.54) is 0 Å². The molecule has 0 unspecified atom stereocenters. The van der Waals surface area contributed by atoms with Crippen LogP contribution < -0.4 is 10.1 Å². The summed E-state index contributed by atoms with van der Waals surface area (Å²) in [5.41, 5.74) is 1.83. The van der Waals surface area contributed by atoms with E-state index in [4.69, 9.17) is 4.74 Å². The predicted octanol–water partition coefficient (Wildman–Crippen LogP) is 3.29. The Morgan fingerprint density at radius 2 is 2.04 bits per heavy atom. The van der Waals surface area contributed by atoms with Crippen LogP contribution >= 0.6 is 11.3 Å². The van der Waals surface area contributed by atoms with E-state index < -0.39 is 0 Å². The number of amides is 1. The zero-order valence-electron chi connectivity index (χ0n) is 13.0. The molecular formula is C18H17N3O2S. The van der Waals surface area contributed by atoms with Crippen molar-refractivity contribution in [2.45, 2.75) is 13.0 Å². The molecule has 1 amide bonds. The second kappa shape index (κ2) is 8.21. The number of para-hydroxylation sites is 1. The Labute approximate surface area is 144 Å². The maximum absolute atomic E-state index is 11.9. The van der Waals surface area contributed by atoms with E-state index in [2.05, 4.69) is 15.3 Å². The van der Waals surface area contributed by atoms with Gasteiger partial charge in [-0.25, -0.2) is 4.98 Å². The monoisotopic (exact) mass is 339 g/mol. The summed E-state index contributed by atoms with van der Waals surface area (Å²) in [4.78, 5) is 20.5. The van der Waals surface area contributed by atoms with E-state index in [-0.39, 0.29) is 5.91 Å². The van der Waals surface area contributed by atoms with Gasteiger partial charge in [-0.1, -0.05) is 18.2 Å². The Morgan fingerprint density at radius 1 is 1.17 bits per heavy atom. The lowest BCUT2D eigenvalue weighted by Crippen LogP contribution is -2.24. The molecule has 2 heterocycles. The number of thiazole rings is 1. The minimum Gasteiger partial charge on any atom is -0.493 e. The van der Waals surface area contributed by atoms with E-state index in [0.717, 1.165) is 22.0 Å². The van der Waals surface area contributed by atoms with Crippen LogP contribution in [0.25, 0.3) is 10.6 Å². The molecule has 0 fully saturated rings. The van der Waals surface area contributed by atoms with Gasteiger partial charge in [-0.2, -0.15) is 0 Å². The molecule has 24 heavy (non-hydrogen) atoms. The first-order valence-corrected chi connectivity index (χ1v) is 8.48. The molecule has 5 nitrogen and oxygen atoms in total. The third kappa shape index (κ3) is 4.63. The Morgan fingerprint density at radius 3 is 2.83 bits per heavy atom. The quantitative estimate of drug-likeness (QED) is 0.717. The van der Waals surface area contributed by atoms with Gasteiger partial charge in [0.1, 0.15) is 10.8 Å². The third-order valence-electron chi connectivity index (χ3n) is 3.27. The summed E-state index contributed by atoms with van der Waals surface area (Å²) in [6, 6.07) is 13.3. The average molecular weight is 339 g/mol. The van der Waals surface area contributed by atoms with Gasteiger partial charge in [0, 0.05) is 23.3 Å². The molecule has 2 aromatic heterocycles. The average Bonchev–Trinajstić information content (AvgIpc) is 3.11. The summed E-state index contributed by atoms with van der Waals surface area (Å²) in [6.45, 7) is 0.773. The number of benzene rings is 1. The molecule has 1 N–H and O–H groups in total. The summed E-state index contributed by atoms with van der Waals surface area (Å²) < 4.78 is 5.51. The van der Waals surface area contributed by atoms with E-state index >= 15 is 0 Å². The maximum atomic E-state index is 11.9. The Kier molecular flexibility index (Phi) is 5.52. The molecule has 0 atom stereocenters. The number of ether oxygens (including phenoxy) is 1. The van der Waals surface area contributed by atoms with E-state index in [1.807, 2.05) is 47.8 Å². The predicted molar refractivity (Wildman–Crippen MR) is 93.7 cm³/mol. The number of hydrogen-bond acceptors (Lipinski definition) is 5. The third-order valence-corrected chi connectivity index (χ3v) is 4.21. The van der Waals surface area contributed by atoms with Crippen LogP contribution in [-0.2, 0) is 11.3 Å². The van der Waals surface area contributed by atoms with Gasteiger partial charge in [-0.15, -0.1) is 11.3 Å². The van der Waals surface area contributed by atoms with Crippen molar-refractivity contribution >= 4 is 17.2 Å². The van der Waals surface area contributed by atoms with Gasteiger partial charge in [0.2, 0.25) is 5.91 Å². The Balaban J connectivity index is 1.42. The molecule has 0 radical (unpaired) electrons. The van der Waals surface area contributed by atoms with Gasteiger partial charge >= 0.3 is 0 Å². The summed E-state index contributed by atoms with van der Waals surface area (Å²) in [6.07, 6.45) is 3.83. The smallest absolute Gasteiger partial charge is 0.223 e. The molecule has 0 aliphatic rings. The SMILES string of the molecule is O=C(CCOc1ccccc1)NCc1csc(-c2cccnc2)n1. The van der Waals surface area contributed by atoms with Crippen molar-refractivity contribution in [1.29, 1.82) is 0 Å². The van der Waals surface area contributed by atoms with Crippen molar-refractivity contribution in [3.8, 4) is 16.3 Å². The maximum Gasteiger partial charge on any atom is 0.223 e. The van der Waals surface area contributed by atoms with Crippen molar-refractivity contribution in [3.05, 3.63) is 65.9 Å². The number of rotatable bonds is 7. The van der Waals surface area contributed by atoms with Crippen molar-refractivity contribution in [1.82, 2.24) is 15.3 Å². The van der Waals surface area contributed by atoms with E-state index in [0.29, 0.717) is 19.6 Å². The minimum absolute atomic E-state index is 0.0538. The van der Waals surface area contributed by atoms with Crippen LogP contribution in [0.1, 0.15) is 12.1 Å². The molecule has 0 aliphatic carbocycles. The number of carbonyl (C=O) groups excluding carboxylic acids is 1. The molecule has 6 heteroatoms. The fourth-order valence-electron chi connectivity index (χ4n) is 2.07. The normalized spacial score (nSPS) is 10.3. The molecule has 0 bridgehead atoms. The molecule has 0 spiro atoms. The molecule has 3 aromatic rings. The lowest BCUT2D eigenvalue weighted by atomic mass is 10.3. The second-order valence-electron chi connectivity index (χ2n) is 5.07. The molecule has 0 aliphatic heterocycles. The summed E-state index contributed by atoms with van der Waals surface area (Å²) in [7, 11) is 0. The lowest BCUT2D eigenvalue weighted by Gasteiger charge is -2.06. The zero-order chi connectivity index (χ0) is 16.6.